The summed E-state index contributed by atoms with van der Waals surface area (Å²) in [6.45, 7) is 0. The highest BCUT2D eigenvalue weighted by Crippen LogP contribution is 2.16. The lowest BCUT2D eigenvalue weighted by Gasteiger charge is -2.00. The number of aromatic nitrogens is 4. The van der Waals surface area contributed by atoms with Crippen molar-refractivity contribution < 1.29 is 0 Å². The normalized spacial score (nSPS) is 11.1. The summed E-state index contributed by atoms with van der Waals surface area (Å²) in [5.74, 6) is 0.820. The predicted molar refractivity (Wildman–Crippen MR) is 71.3 cm³/mol. The smallest absolute Gasteiger partial charge is 0.236 e. The number of fused-ring (bicyclic) bond motifs is 1. The largest absolute Gasteiger partial charge is 0.399 e. The van der Waals surface area contributed by atoms with E-state index in [4.69, 9.17) is 11.5 Å². The zero-order valence-corrected chi connectivity index (χ0v) is 10.4. The number of benzene rings is 1. The molecule has 0 radical (unpaired) electrons. The Morgan fingerprint density at radius 2 is 2.06 bits per heavy atom. The van der Waals surface area contributed by atoms with E-state index in [0.717, 1.165) is 29.3 Å². The second-order valence-corrected chi connectivity index (χ2v) is 4.98. The molecule has 0 aliphatic carbocycles. The van der Waals surface area contributed by atoms with Crippen molar-refractivity contribution in [2.45, 2.75) is 12.8 Å². The van der Waals surface area contributed by atoms with Crippen molar-refractivity contribution in [1.82, 2.24) is 19.8 Å². The number of hydrogen-bond donors (Lipinski definition) is 2. The highest BCUT2D eigenvalue weighted by atomic mass is 32.1. The lowest BCUT2D eigenvalue weighted by Crippen LogP contribution is -2.00. The quantitative estimate of drug-likeness (QED) is 0.688. The summed E-state index contributed by atoms with van der Waals surface area (Å²) in [4.78, 5) is 0.732. The number of aryl methyl sites for hydroxylation is 2. The van der Waals surface area contributed by atoms with Gasteiger partial charge in [0.15, 0.2) is 5.82 Å². The summed E-state index contributed by atoms with van der Waals surface area (Å²) in [6, 6.07) is 7.84. The van der Waals surface area contributed by atoms with E-state index in [0.29, 0.717) is 5.13 Å². The third-order valence-corrected chi connectivity index (χ3v) is 3.39. The van der Waals surface area contributed by atoms with E-state index >= 15 is 0 Å². The van der Waals surface area contributed by atoms with Gasteiger partial charge in [0, 0.05) is 12.1 Å². The van der Waals surface area contributed by atoms with Crippen LogP contribution in [0.2, 0.25) is 0 Å². The van der Waals surface area contributed by atoms with Gasteiger partial charge in [-0.05, 0) is 24.1 Å². The fourth-order valence-corrected chi connectivity index (χ4v) is 2.46. The second kappa shape index (κ2) is 4.26. The minimum absolute atomic E-state index is 0.505. The van der Waals surface area contributed by atoms with Crippen LogP contribution in [0.1, 0.15) is 11.4 Å². The van der Waals surface area contributed by atoms with Crippen molar-refractivity contribution in [3.63, 3.8) is 0 Å². The molecule has 2 heterocycles. The molecule has 0 aliphatic heterocycles. The van der Waals surface area contributed by atoms with Crippen LogP contribution in [0, 0.1) is 0 Å². The van der Waals surface area contributed by atoms with E-state index in [1.54, 1.807) is 4.52 Å². The van der Waals surface area contributed by atoms with Crippen LogP contribution in [-0.4, -0.2) is 19.8 Å². The van der Waals surface area contributed by atoms with Gasteiger partial charge in [-0.25, -0.2) is 0 Å². The molecule has 0 fully saturated rings. The van der Waals surface area contributed by atoms with Crippen LogP contribution in [0.3, 0.4) is 0 Å². The fraction of sp³-hybridized carbons (Fsp3) is 0.182. The molecule has 0 aliphatic rings. The van der Waals surface area contributed by atoms with Gasteiger partial charge in [0.2, 0.25) is 10.1 Å². The molecule has 0 bridgehead atoms. The van der Waals surface area contributed by atoms with E-state index in [1.165, 1.54) is 16.9 Å². The number of nitrogens with zero attached hydrogens (tertiary/aromatic N) is 4. The molecule has 6 nitrogen and oxygen atoms in total. The van der Waals surface area contributed by atoms with Gasteiger partial charge in [-0.1, -0.05) is 23.5 Å². The Bertz CT molecular complexity index is 686. The maximum Gasteiger partial charge on any atom is 0.236 e. The number of nitrogen functional groups attached to an aromatic ring is 2. The van der Waals surface area contributed by atoms with Crippen molar-refractivity contribution in [3.05, 3.63) is 35.7 Å². The highest BCUT2D eigenvalue weighted by molar-refractivity contribution is 7.20. The van der Waals surface area contributed by atoms with Gasteiger partial charge >= 0.3 is 0 Å². The SMILES string of the molecule is Nc1cccc(CCc2nnc3sc(N)nn23)c1. The molecule has 7 heteroatoms. The van der Waals surface area contributed by atoms with Gasteiger partial charge in [-0.2, -0.15) is 4.52 Å². The van der Waals surface area contributed by atoms with Crippen molar-refractivity contribution in [1.29, 1.82) is 0 Å². The van der Waals surface area contributed by atoms with Crippen LogP contribution < -0.4 is 11.5 Å². The second-order valence-electron chi connectivity index (χ2n) is 4.00. The topological polar surface area (TPSA) is 95.1 Å². The van der Waals surface area contributed by atoms with Gasteiger partial charge < -0.3 is 11.5 Å². The van der Waals surface area contributed by atoms with Gasteiger partial charge in [0.05, 0.1) is 0 Å². The molecular formula is C11H12N6S. The first-order chi connectivity index (χ1) is 8.72. The maximum absolute atomic E-state index is 5.74. The summed E-state index contributed by atoms with van der Waals surface area (Å²) < 4.78 is 1.70. The minimum atomic E-state index is 0.505. The highest BCUT2D eigenvalue weighted by Gasteiger charge is 2.09. The maximum atomic E-state index is 5.74. The molecule has 18 heavy (non-hydrogen) atoms. The third-order valence-electron chi connectivity index (χ3n) is 2.66. The van der Waals surface area contributed by atoms with Crippen LogP contribution in [-0.2, 0) is 12.8 Å². The minimum Gasteiger partial charge on any atom is -0.399 e. The van der Waals surface area contributed by atoms with E-state index in [9.17, 15) is 0 Å². The molecule has 0 unspecified atom stereocenters. The Morgan fingerprint density at radius 1 is 1.17 bits per heavy atom. The van der Waals surface area contributed by atoms with Gasteiger partial charge in [-0.3, -0.25) is 0 Å². The Morgan fingerprint density at radius 3 is 2.89 bits per heavy atom. The molecule has 0 saturated carbocycles. The molecule has 0 amide bonds. The standard InChI is InChI=1S/C11H12N6S/c12-8-3-1-2-7(6-8)4-5-9-14-15-11-17(9)16-10(13)18-11/h1-3,6H,4-5,12H2,(H2,13,16). The summed E-state index contributed by atoms with van der Waals surface area (Å²) in [6.07, 6.45) is 1.61. The molecule has 0 saturated heterocycles. The first kappa shape index (κ1) is 11.0. The van der Waals surface area contributed by atoms with Crippen LogP contribution in [0.4, 0.5) is 10.8 Å². The number of nitrogens with two attached hydrogens (primary N) is 2. The van der Waals surface area contributed by atoms with Crippen LogP contribution in [0.15, 0.2) is 24.3 Å². The van der Waals surface area contributed by atoms with Crippen molar-refractivity contribution >= 4 is 27.1 Å². The van der Waals surface area contributed by atoms with E-state index in [1.807, 2.05) is 24.3 Å². The van der Waals surface area contributed by atoms with Crippen molar-refractivity contribution in [2.24, 2.45) is 0 Å². The lowest BCUT2D eigenvalue weighted by atomic mass is 10.1. The molecule has 1 aromatic carbocycles. The van der Waals surface area contributed by atoms with Crippen LogP contribution in [0.25, 0.3) is 4.96 Å². The average Bonchev–Trinajstić information content (AvgIpc) is 2.86. The summed E-state index contributed by atoms with van der Waals surface area (Å²) in [7, 11) is 0. The number of anilines is 2. The Hall–Kier alpha value is -2.15. The van der Waals surface area contributed by atoms with Crippen molar-refractivity contribution in [2.75, 3.05) is 11.5 Å². The zero-order valence-electron chi connectivity index (χ0n) is 9.58. The first-order valence-corrected chi connectivity index (χ1v) is 6.35. The number of hydrogen-bond acceptors (Lipinski definition) is 6. The van der Waals surface area contributed by atoms with E-state index in [2.05, 4.69) is 15.3 Å². The summed E-state index contributed by atoms with van der Waals surface area (Å²) in [5.41, 5.74) is 13.3. The van der Waals surface area contributed by atoms with Crippen molar-refractivity contribution in [3.8, 4) is 0 Å². The summed E-state index contributed by atoms with van der Waals surface area (Å²) >= 11 is 1.33. The van der Waals surface area contributed by atoms with Gasteiger partial charge in [0.25, 0.3) is 0 Å². The molecule has 92 valence electrons. The Balaban J connectivity index is 1.80. The van der Waals surface area contributed by atoms with Gasteiger partial charge in [0.1, 0.15) is 0 Å². The fourth-order valence-electron chi connectivity index (χ4n) is 1.83. The molecule has 2 aromatic heterocycles. The first-order valence-electron chi connectivity index (χ1n) is 5.53. The van der Waals surface area contributed by atoms with E-state index < -0.39 is 0 Å². The molecular weight excluding hydrogens is 248 g/mol. The monoisotopic (exact) mass is 260 g/mol. The Labute approximate surface area is 107 Å². The van der Waals surface area contributed by atoms with Gasteiger partial charge in [-0.15, -0.1) is 15.3 Å². The van der Waals surface area contributed by atoms with Crippen LogP contribution in [0.5, 0.6) is 0 Å². The lowest BCUT2D eigenvalue weighted by molar-refractivity contribution is 0.794. The summed E-state index contributed by atoms with van der Waals surface area (Å²) in [5, 5.41) is 12.8. The molecule has 3 aromatic rings. The third kappa shape index (κ3) is 2.00. The average molecular weight is 260 g/mol. The molecule has 3 rings (SSSR count). The number of rotatable bonds is 3. The van der Waals surface area contributed by atoms with E-state index in [-0.39, 0.29) is 0 Å². The zero-order chi connectivity index (χ0) is 12.5. The molecule has 0 spiro atoms. The Kier molecular flexibility index (Phi) is 2.60. The predicted octanol–water partition coefficient (Wildman–Crippen LogP) is 1.14. The van der Waals surface area contributed by atoms with Crippen LogP contribution >= 0.6 is 11.3 Å². The molecule has 0 atom stereocenters. The molecule has 4 N–H and O–H groups in total.